The molecule has 0 bridgehead atoms. The van der Waals surface area contributed by atoms with Crippen LogP contribution in [0.5, 0.6) is 0 Å². The fraction of sp³-hybridized carbons (Fsp3) is 0.286. The van der Waals surface area contributed by atoms with Crippen LogP contribution in [0.3, 0.4) is 0 Å². The number of hydrogen-bond acceptors (Lipinski definition) is 4. The Hall–Kier alpha value is -2.44. The van der Waals surface area contributed by atoms with Crippen LogP contribution in [0.2, 0.25) is 0 Å². The molecule has 0 unspecified atom stereocenters. The molecule has 1 aliphatic heterocycles. The Balaban J connectivity index is 1.42. The molecule has 0 aliphatic carbocycles. The van der Waals surface area contributed by atoms with Gasteiger partial charge in [-0.2, -0.15) is 0 Å². The Morgan fingerprint density at radius 3 is 2.59 bits per heavy atom. The van der Waals surface area contributed by atoms with Gasteiger partial charge in [-0.25, -0.2) is 4.39 Å². The number of carbonyl (C=O) groups is 1. The first-order valence-electron chi connectivity index (χ1n) is 9.00. The maximum Gasteiger partial charge on any atom is 0.265 e. The zero-order chi connectivity index (χ0) is 18.8. The number of nitrogens with zero attached hydrogens (tertiary/aromatic N) is 1. The average Bonchev–Trinajstić information content (AvgIpc) is 3.12. The first kappa shape index (κ1) is 17.9. The number of nitrogens with one attached hydrogen (secondary N) is 1. The smallest absolute Gasteiger partial charge is 0.265 e. The Labute approximate surface area is 161 Å². The monoisotopic (exact) mass is 384 g/mol. The summed E-state index contributed by atoms with van der Waals surface area (Å²) < 4.78 is 19.6. The lowest BCUT2D eigenvalue weighted by Gasteiger charge is -2.33. The summed E-state index contributed by atoms with van der Waals surface area (Å²) in [5.41, 5.74) is 1.90. The van der Waals surface area contributed by atoms with Crippen molar-refractivity contribution >= 4 is 38.7 Å². The van der Waals surface area contributed by atoms with Crippen LogP contribution in [-0.4, -0.2) is 32.2 Å². The molecule has 1 aromatic heterocycles. The lowest BCUT2D eigenvalue weighted by atomic mass is 10.1. The summed E-state index contributed by atoms with van der Waals surface area (Å²) in [5.74, 6) is -0.470. The van der Waals surface area contributed by atoms with E-state index in [0.717, 1.165) is 47.4 Å². The quantitative estimate of drug-likeness (QED) is 0.695. The van der Waals surface area contributed by atoms with E-state index in [1.54, 1.807) is 19.2 Å². The third-order valence-electron chi connectivity index (χ3n) is 4.97. The summed E-state index contributed by atoms with van der Waals surface area (Å²) in [6.45, 7) is 1.95. The van der Waals surface area contributed by atoms with E-state index >= 15 is 0 Å². The molecule has 140 valence electrons. The standard InChI is InChI=1S/C21H21FN2O2S/c1-26-18-8-10-24(11-9-18)17-5-3-16(4-6-17)23-21(25)20-13-14-12-15(22)2-7-19(14)27-20/h2-7,12-13,18H,8-11H2,1H3,(H,23,25). The van der Waals surface area contributed by atoms with Crippen molar-refractivity contribution in [1.82, 2.24) is 0 Å². The number of ether oxygens (including phenoxy) is 1. The molecule has 1 fully saturated rings. The van der Waals surface area contributed by atoms with E-state index in [-0.39, 0.29) is 11.7 Å². The second kappa shape index (κ2) is 7.66. The van der Waals surface area contributed by atoms with Gasteiger partial charge in [0.15, 0.2) is 0 Å². The van der Waals surface area contributed by atoms with Gasteiger partial charge in [0.25, 0.3) is 5.91 Å². The van der Waals surface area contributed by atoms with Crippen LogP contribution in [0, 0.1) is 5.82 Å². The molecule has 4 nitrogen and oxygen atoms in total. The molecule has 27 heavy (non-hydrogen) atoms. The number of methoxy groups -OCH3 is 1. The highest BCUT2D eigenvalue weighted by Gasteiger charge is 2.19. The van der Waals surface area contributed by atoms with Crippen molar-refractivity contribution in [3.05, 3.63) is 59.2 Å². The Bertz CT molecular complexity index is 946. The van der Waals surface area contributed by atoms with Crippen molar-refractivity contribution in [2.75, 3.05) is 30.4 Å². The number of thiophene rings is 1. The number of halogens is 1. The van der Waals surface area contributed by atoms with E-state index in [0.29, 0.717) is 11.0 Å². The van der Waals surface area contributed by atoms with Gasteiger partial charge < -0.3 is 15.0 Å². The fourth-order valence-corrected chi connectivity index (χ4v) is 4.36. The normalized spacial score (nSPS) is 15.3. The van der Waals surface area contributed by atoms with E-state index in [9.17, 15) is 9.18 Å². The van der Waals surface area contributed by atoms with E-state index < -0.39 is 0 Å². The van der Waals surface area contributed by atoms with Gasteiger partial charge in [-0.1, -0.05) is 0 Å². The molecule has 6 heteroatoms. The molecule has 1 N–H and O–H groups in total. The van der Waals surface area contributed by atoms with Crippen LogP contribution in [-0.2, 0) is 4.74 Å². The van der Waals surface area contributed by atoms with Gasteiger partial charge in [0.2, 0.25) is 0 Å². The molecule has 1 aliphatic rings. The summed E-state index contributed by atoms with van der Waals surface area (Å²) in [5, 5.41) is 3.67. The third kappa shape index (κ3) is 3.96. The predicted molar refractivity (Wildman–Crippen MR) is 108 cm³/mol. The molecular weight excluding hydrogens is 363 g/mol. The van der Waals surface area contributed by atoms with Gasteiger partial charge in [-0.3, -0.25) is 4.79 Å². The topological polar surface area (TPSA) is 41.6 Å². The molecule has 2 aromatic carbocycles. The first-order valence-corrected chi connectivity index (χ1v) is 9.82. The maximum atomic E-state index is 13.3. The Kier molecular flexibility index (Phi) is 5.09. The summed E-state index contributed by atoms with van der Waals surface area (Å²) in [7, 11) is 1.77. The van der Waals surface area contributed by atoms with Crippen molar-refractivity contribution in [3.8, 4) is 0 Å². The van der Waals surface area contributed by atoms with E-state index in [1.807, 2.05) is 24.3 Å². The number of anilines is 2. The average molecular weight is 384 g/mol. The Morgan fingerprint density at radius 1 is 1.15 bits per heavy atom. The van der Waals surface area contributed by atoms with Crippen molar-refractivity contribution in [2.45, 2.75) is 18.9 Å². The highest BCUT2D eigenvalue weighted by Crippen LogP contribution is 2.28. The number of benzene rings is 2. The highest BCUT2D eigenvalue weighted by molar-refractivity contribution is 7.20. The molecule has 0 saturated carbocycles. The number of piperidine rings is 1. The van der Waals surface area contributed by atoms with Crippen molar-refractivity contribution in [2.24, 2.45) is 0 Å². The maximum absolute atomic E-state index is 13.3. The van der Waals surface area contributed by atoms with Crippen molar-refractivity contribution in [3.63, 3.8) is 0 Å². The van der Waals surface area contributed by atoms with Crippen LogP contribution in [0.4, 0.5) is 15.8 Å². The Morgan fingerprint density at radius 2 is 1.89 bits per heavy atom. The van der Waals surface area contributed by atoms with Crippen LogP contribution in [0.1, 0.15) is 22.5 Å². The minimum absolute atomic E-state index is 0.176. The minimum atomic E-state index is -0.294. The second-order valence-electron chi connectivity index (χ2n) is 6.72. The van der Waals surface area contributed by atoms with Crippen LogP contribution >= 0.6 is 11.3 Å². The highest BCUT2D eigenvalue weighted by atomic mass is 32.1. The van der Waals surface area contributed by atoms with Gasteiger partial charge in [-0.05, 0) is 66.8 Å². The van der Waals surface area contributed by atoms with Crippen LogP contribution < -0.4 is 10.2 Å². The molecule has 0 atom stereocenters. The molecule has 1 amide bonds. The predicted octanol–water partition coefficient (Wildman–Crippen LogP) is 4.91. The summed E-state index contributed by atoms with van der Waals surface area (Å²) in [4.78, 5) is 15.4. The molecule has 2 heterocycles. The zero-order valence-electron chi connectivity index (χ0n) is 15.1. The zero-order valence-corrected chi connectivity index (χ0v) is 15.9. The molecular formula is C21H21FN2O2S. The van der Waals surface area contributed by atoms with Gasteiger partial charge in [0.05, 0.1) is 11.0 Å². The summed E-state index contributed by atoms with van der Waals surface area (Å²) in [6, 6.07) is 14.2. The van der Waals surface area contributed by atoms with E-state index in [2.05, 4.69) is 10.2 Å². The molecule has 0 radical (unpaired) electrons. The van der Waals surface area contributed by atoms with E-state index in [1.165, 1.54) is 23.5 Å². The molecule has 0 spiro atoms. The fourth-order valence-electron chi connectivity index (χ4n) is 3.42. The molecule has 1 saturated heterocycles. The van der Waals surface area contributed by atoms with Gasteiger partial charge in [0, 0.05) is 36.3 Å². The largest absolute Gasteiger partial charge is 0.381 e. The number of carbonyl (C=O) groups excluding carboxylic acids is 1. The number of amides is 1. The summed E-state index contributed by atoms with van der Waals surface area (Å²) in [6.07, 6.45) is 2.41. The molecule has 3 aromatic rings. The second-order valence-corrected chi connectivity index (χ2v) is 7.80. The molecule has 4 rings (SSSR count). The van der Waals surface area contributed by atoms with Crippen LogP contribution in [0.15, 0.2) is 48.5 Å². The van der Waals surface area contributed by atoms with Crippen LogP contribution in [0.25, 0.3) is 10.1 Å². The number of rotatable bonds is 4. The first-order chi connectivity index (χ1) is 13.1. The SMILES string of the molecule is COC1CCN(c2ccc(NC(=O)c3cc4cc(F)ccc4s3)cc2)CC1. The third-order valence-corrected chi connectivity index (χ3v) is 6.08. The van der Waals surface area contributed by atoms with Gasteiger partial charge in [-0.15, -0.1) is 11.3 Å². The number of fused-ring (bicyclic) bond motifs is 1. The minimum Gasteiger partial charge on any atom is -0.381 e. The van der Waals surface area contributed by atoms with Crippen molar-refractivity contribution in [1.29, 1.82) is 0 Å². The lowest BCUT2D eigenvalue weighted by molar-refractivity contribution is 0.0819. The number of hydrogen-bond donors (Lipinski definition) is 1. The van der Waals surface area contributed by atoms with Gasteiger partial charge >= 0.3 is 0 Å². The van der Waals surface area contributed by atoms with Crippen molar-refractivity contribution < 1.29 is 13.9 Å². The lowest BCUT2D eigenvalue weighted by Crippen LogP contribution is -2.36. The van der Waals surface area contributed by atoms with Gasteiger partial charge in [0.1, 0.15) is 5.82 Å². The van der Waals surface area contributed by atoms with E-state index in [4.69, 9.17) is 4.74 Å². The summed E-state index contributed by atoms with van der Waals surface area (Å²) >= 11 is 1.36.